The average molecular weight is 282 g/mol. The van der Waals surface area contributed by atoms with E-state index in [4.69, 9.17) is 0 Å². The van der Waals surface area contributed by atoms with Crippen LogP contribution in [0, 0.1) is 5.82 Å². The first-order valence-corrected chi connectivity index (χ1v) is 6.26. The Hall–Kier alpha value is -1.84. The molecule has 0 unspecified atom stereocenters. The van der Waals surface area contributed by atoms with E-state index in [1.54, 1.807) is 6.07 Å². The second-order valence-electron chi connectivity index (χ2n) is 4.97. The van der Waals surface area contributed by atoms with Gasteiger partial charge in [-0.25, -0.2) is 4.39 Å². The van der Waals surface area contributed by atoms with Crippen molar-refractivity contribution in [3.8, 4) is 11.1 Å². The molecule has 0 fully saturated rings. The largest absolute Gasteiger partial charge is 0.419 e. The van der Waals surface area contributed by atoms with Crippen LogP contribution in [0.5, 0.6) is 0 Å². The molecule has 0 aromatic heterocycles. The third kappa shape index (κ3) is 3.00. The van der Waals surface area contributed by atoms with Gasteiger partial charge < -0.3 is 0 Å². The van der Waals surface area contributed by atoms with Crippen LogP contribution in [0.1, 0.15) is 30.9 Å². The molecule has 4 heteroatoms. The van der Waals surface area contributed by atoms with E-state index in [1.807, 2.05) is 32.0 Å². The zero-order valence-corrected chi connectivity index (χ0v) is 11.1. The number of hydrogen-bond donors (Lipinski definition) is 0. The standard InChI is InChI=1S/C16H14F4/c1-10(2)11-4-3-5-12(8-11)13-6-7-14(15(17)9-13)16(18,19)20/h3-10H,1-2H3. The van der Waals surface area contributed by atoms with Crippen molar-refractivity contribution in [2.24, 2.45) is 0 Å². The molecule has 20 heavy (non-hydrogen) atoms. The zero-order chi connectivity index (χ0) is 14.9. The van der Waals surface area contributed by atoms with Crippen LogP contribution in [0.4, 0.5) is 17.6 Å². The zero-order valence-electron chi connectivity index (χ0n) is 11.1. The van der Waals surface area contributed by atoms with Crippen molar-refractivity contribution in [2.75, 3.05) is 0 Å². The van der Waals surface area contributed by atoms with Gasteiger partial charge in [0.2, 0.25) is 0 Å². The highest BCUT2D eigenvalue weighted by Crippen LogP contribution is 2.33. The summed E-state index contributed by atoms with van der Waals surface area (Å²) >= 11 is 0. The van der Waals surface area contributed by atoms with Crippen LogP contribution >= 0.6 is 0 Å². The average Bonchev–Trinajstić information content (AvgIpc) is 2.37. The summed E-state index contributed by atoms with van der Waals surface area (Å²) in [7, 11) is 0. The summed E-state index contributed by atoms with van der Waals surface area (Å²) in [6.07, 6.45) is -4.66. The summed E-state index contributed by atoms with van der Waals surface area (Å²) in [5, 5.41) is 0. The Labute approximate surface area is 115 Å². The second-order valence-corrected chi connectivity index (χ2v) is 4.97. The van der Waals surface area contributed by atoms with E-state index >= 15 is 0 Å². The number of rotatable bonds is 2. The van der Waals surface area contributed by atoms with Crippen molar-refractivity contribution < 1.29 is 17.6 Å². The highest BCUT2D eigenvalue weighted by molar-refractivity contribution is 5.65. The van der Waals surface area contributed by atoms with Gasteiger partial charge in [0.15, 0.2) is 0 Å². The minimum atomic E-state index is -4.66. The van der Waals surface area contributed by atoms with Gasteiger partial charge in [-0.1, -0.05) is 44.2 Å². The summed E-state index contributed by atoms with van der Waals surface area (Å²) in [5.41, 5.74) is 0.978. The fourth-order valence-corrected chi connectivity index (χ4v) is 2.00. The van der Waals surface area contributed by atoms with Gasteiger partial charge in [-0.3, -0.25) is 0 Å². The first-order valence-electron chi connectivity index (χ1n) is 6.26. The molecular weight excluding hydrogens is 268 g/mol. The van der Waals surface area contributed by atoms with Gasteiger partial charge in [-0.15, -0.1) is 0 Å². The normalized spacial score (nSPS) is 11.9. The predicted octanol–water partition coefficient (Wildman–Crippen LogP) is 5.63. The molecule has 0 nitrogen and oxygen atoms in total. The molecule has 0 spiro atoms. The van der Waals surface area contributed by atoms with E-state index in [1.165, 1.54) is 6.07 Å². The SMILES string of the molecule is CC(C)c1cccc(-c2ccc(C(F)(F)F)c(F)c2)c1. The third-order valence-corrected chi connectivity index (χ3v) is 3.16. The molecule has 0 aliphatic heterocycles. The third-order valence-electron chi connectivity index (χ3n) is 3.16. The molecule has 0 atom stereocenters. The maximum absolute atomic E-state index is 13.6. The number of hydrogen-bond acceptors (Lipinski definition) is 0. The van der Waals surface area contributed by atoms with Gasteiger partial charge >= 0.3 is 6.18 Å². The van der Waals surface area contributed by atoms with Gasteiger partial charge in [-0.2, -0.15) is 13.2 Å². The fourth-order valence-electron chi connectivity index (χ4n) is 2.00. The van der Waals surface area contributed by atoms with E-state index in [9.17, 15) is 17.6 Å². The maximum atomic E-state index is 13.6. The van der Waals surface area contributed by atoms with Crippen LogP contribution in [0.2, 0.25) is 0 Å². The van der Waals surface area contributed by atoms with E-state index in [-0.39, 0.29) is 0 Å². The fraction of sp³-hybridized carbons (Fsp3) is 0.250. The molecule has 106 valence electrons. The lowest BCUT2D eigenvalue weighted by Crippen LogP contribution is -2.07. The van der Waals surface area contributed by atoms with Gasteiger partial charge in [0.1, 0.15) is 5.82 Å². The highest BCUT2D eigenvalue weighted by atomic mass is 19.4. The highest BCUT2D eigenvalue weighted by Gasteiger charge is 2.33. The Bertz CT molecular complexity index is 612. The van der Waals surface area contributed by atoms with Crippen LogP contribution in [0.3, 0.4) is 0 Å². The quantitative estimate of drug-likeness (QED) is 0.626. The Balaban J connectivity index is 2.44. The van der Waals surface area contributed by atoms with Crippen molar-refractivity contribution in [3.05, 3.63) is 59.4 Å². The first kappa shape index (κ1) is 14.6. The molecule has 0 N–H and O–H groups in total. The molecular formula is C16H14F4. The topological polar surface area (TPSA) is 0 Å². The van der Waals surface area contributed by atoms with Crippen molar-refractivity contribution in [1.82, 2.24) is 0 Å². The van der Waals surface area contributed by atoms with Gasteiger partial charge in [-0.05, 0) is 34.7 Å². The molecule has 0 aliphatic rings. The van der Waals surface area contributed by atoms with Crippen molar-refractivity contribution in [2.45, 2.75) is 25.9 Å². The molecule has 2 aromatic carbocycles. The van der Waals surface area contributed by atoms with Gasteiger partial charge in [0, 0.05) is 0 Å². The Morgan fingerprint density at radius 2 is 1.55 bits per heavy atom. The molecule has 0 saturated carbocycles. The Morgan fingerprint density at radius 3 is 2.10 bits per heavy atom. The van der Waals surface area contributed by atoms with Crippen LogP contribution in [-0.4, -0.2) is 0 Å². The van der Waals surface area contributed by atoms with E-state index in [0.29, 0.717) is 17.0 Å². The van der Waals surface area contributed by atoms with Gasteiger partial charge in [0.25, 0.3) is 0 Å². The Morgan fingerprint density at radius 1 is 0.900 bits per heavy atom. The lowest BCUT2D eigenvalue weighted by atomic mass is 9.97. The monoisotopic (exact) mass is 282 g/mol. The lowest BCUT2D eigenvalue weighted by Gasteiger charge is -2.11. The van der Waals surface area contributed by atoms with Crippen molar-refractivity contribution in [3.63, 3.8) is 0 Å². The van der Waals surface area contributed by atoms with E-state index in [2.05, 4.69) is 0 Å². The van der Waals surface area contributed by atoms with Crippen molar-refractivity contribution >= 4 is 0 Å². The molecule has 2 aromatic rings. The minimum Gasteiger partial charge on any atom is -0.206 e. The number of alkyl halides is 3. The van der Waals surface area contributed by atoms with E-state index in [0.717, 1.165) is 17.7 Å². The smallest absolute Gasteiger partial charge is 0.206 e. The van der Waals surface area contributed by atoms with Gasteiger partial charge in [0.05, 0.1) is 5.56 Å². The molecule has 0 aliphatic carbocycles. The van der Waals surface area contributed by atoms with Crippen molar-refractivity contribution in [1.29, 1.82) is 0 Å². The number of benzene rings is 2. The Kier molecular flexibility index (Phi) is 3.84. The summed E-state index contributed by atoms with van der Waals surface area (Å²) in [6, 6.07) is 10.4. The molecule has 2 rings (SSSR count). The molecule has 0 amide bonds. The molecule has 0 heterocycles. The second kappa shape index (κ2) is 5.27. The van der Waals surface area contributed by atoms with Crippen LogP contribution in [0.25, 0.3) is 11.1 Å². The molecule has 0 bridgehead atoms. The summed E-state index contributed by atoms with van der Waals surface area (Å²) in [5.74, 6) is -0.945. The molecule has 0 radical (unpaired) electrons. The molecule has 0 saturated heterocycles. The first-order chi connectivity index (χ1) is 9.29. The van der Waals surface area contributed by atoms with Crippen LogP contribution < -0.4 is 0 Å². The summed E-state index contributed by atoms with van der Waals surface area (Å²) in [4.78, 5) is 0. The summed E-state index contributed by atoms with van der Waals surface area (Å²) in [6.45, 7) is 4.04. The predicted molar refractivity (Wildman–Crippen MR) is 70.9 cm³/mol. The van der Waals surface area contributed by atoms with E-state index < -0.39 is 17.6 Å². The maximum Gasteiger partial charge on any atom is 0.419 e. The van der Waals surface area contributed by atoms with Crippen LogP contribution in [0.15, 0.2) is 42.5 Å². The minimum absolute atomic E-state index is 0.300. The van der Waals surface area contributed by atoms with Crippen LogP contribution in [-0.2, 0) is 6.18 Å². The summed E-state index contributed by atoms with van der Waals surface area (Å²) < 4.78 is 51.1. The lowest BCUT2D eigenvalue weighted by molar-refractivity contribution is -0.139. The number of halogens is 4.